The molecule has 0 atom stereocenters. The number of aromatic nitrogens is 1. The quantitative estimate of drug-likeness (QED) is 0.789. The minimum atomic E-state index is -3.22. The number of nitrogens with zero attached hydrogens (tertiary/aromatic N) is 2. The molecule has 0 amide bonds. The van der Waals surface area contributed by atoms with E-state index in [0.717, 1.165) is 12.0 Å². The number of sulfonamides is 1. The molecule has 1 aromatic carbocycles. The van der Waals surface area contributed by atoms with Gasteiger partial charge in [0.05, 0.1) is 5.75 Å². The fourth-order valence-electron chi connectivity index (χ4n) is 2.10. The molecule has 0 aliphatic carbocycles. The Balaban J connectivity index is 1.86. The van der Waals surface area contributed by atoms with Gasteiger partial charge in [0.25, 0.3) is 0 Å². The van der Waals surface area contributed by atoms with E-state index in [-0.39, 0.29) is 5.75 Å². The molecule has 0 unspecified atom stereocenters. The first kappa shape index (κ1) is 15.7. The molecule has 112 valence electrons. The summed E-state index contributed by atoms with van der Waals surface area (Å²) < 4.78 is 25.9. The van der Waals surface area contributed by atoms with E-state index in [1.807, 2.05) is 42.5 Å². The largest absolute Gasteiger partial charge is 0.265 e. The summed E-state index contributed by atoms with van der Waals surface area (Å²) in [6, 6.07) is 13.6. The lowest BCUT2D eigenvalue weighted by Crippen LogP contribution is -2.29. The topological polar surface area (TPSA) is 50.3 Å². The van der Waals surface area contributed by atoms with E-state index in [1.54, 1.807) is 19.4 Å². The molecule has 0 fully saturated rings. The maximum atomic E-state index is 12.2. The molecule has 0 aliphatic rings. The van der Waals surface area contributed by atoms with E-state index < -0.39 is 10.0 Å². The van der Waals surface area contributed by atoms with Gasteiger partial charge in [-0.2, -0.15) is 0 Å². The predicted molar refractivity (Wildman–Crippen MR) is 84.3 cm³/mol. The molecule has 0 saturated carbocycles. The summed E-state index contributed by atoms with van der Waals surface area (Å²) in [4.78, 5) is 3.93. The highest BCUT2D eigenvalue weighted by atomic mass is 32.2. The Hall–Kier alpha value is -1.72. The van der Waals surface area contributed by atoms with E-state index in [9.17, 15) is 8.42 Å². The highest BCUT2D eigenvalue weighted by Gasteiger charge is 2.17. The lowest BCUT2D eigenvalue weighted by atomic mass is 10.1. The third-order valence-corrected chi connectivity index (χ3v) is 5.22. The second kappa shape index (κ2) is 7.33. The maximum Gasteiger partial charge on any atom is 0.214 e. The van der Waals surface area contributed by atoms with Crippen LogP contribution in [0, 0.1) is 0 Å². The van der Waals surface area contributed by atoms with Crippen molar-refractivity contribution in [3.05, 3.63) is 66.0 Å². The van der Waals surface area contributed by atoms with Gasteiger partial charge in [0, 0.05) is 26.0 Å². The molecule has 1 aromatic heterocycles. The molecule has 2 aromatic rings. The molecule has 0 bridgehead atoms. The van der Waals surface area contributed by atoms with Crippen molar-refractivity contribution in [2.24, 2.45) is 0 Å². The van der Waals surface area contributed by atoms with Crippen molar-refractivity contribution in [1.82, 2.24) is 9.29 Å². The lowest BCUT2D eigenvalue weighted by Gasteiger charge is -2.17. The SMILES string of the molecule is CN(Cc1ccncc1)S(=O)(=O)CCCc1ccccc1. The number of pyridine rings is 1. The highest BCUT2D eigenvalue weighted by Crippen LogP contribution is 2.10. The molecule has 0 spiro atoms. The Bertz CT molecular complexity index is 642. The van der Waals surface area contributed by atoms with Crippen molar-refractivity contribution in [1.29, 1.82) is 0 Å². The Labute approximate surface area is 126 Å². The monoisotopic (exact) mass is 304 g/mol. The fourth-order valence-corrected chi connectivity index (χ4v) is 3.27. The first-order chi connectivity index (χ1) is 10.1. The summed E-state index contributed by atoms with van der Waals surface area (Å²) >= 11 is 0. The zero-order valence-corrected chi connectivity index (χ0v) is 13.0. The van der Waals surface area contributed by atoms with Gasteiger partial charge in [0.15, 0.2) is 0 Å². The maximum absolute atomic E-state index is 12.2. The minimum absolute atomic E-state index is 0.170. The molecule has 0 N–H and O–H groups in total. The average molecular weight is 304 g/mol. The highest BCUT2D eigenvalue weighted by molar-refractivity contribution is 7.89. The normalized spacial score (nSPS) is 11.7. The molecule has 5 heteroatoms. The van der Waals surface area contributed by atoms with Crippen LogP contribution in [0.1, 0.15) is 17.5 Å². The zero-order chi connectivity index (χ0) is 15.1. The summed E-state index contributed by atoms with van der Waals surface area (Å²) in [5, 5.41) is 0. The summed E-state index contributed by atoms with van der Waals surface area (Å²) in [7, 11) is -1.59. The van der Waals surface area contributed by atoms with Gasteiger partial charge in [-0.15, -0.1) is 0 Å². The molecule has 21 heavy (non-hydrogen) atoms. The Morgan fingerprint density at radius 2 is 1.67 bits per heavy atom. The first-order valence-electron chi connectivity index (χ1n) is 6.95. The van der Waals surface area contributed by atoms with Crippen LogP contribution < -0.4 is 0 Å². The van der Waals surface area contributed by atoms with Crippen LogP contribution in [0.25, 0.3) is 0 Å². The average Bonchev–Trinajstić information content (AvgIpc) is 2.49. The van der Waals surface area contributed by atoms with E-state index in [0.29, 0.717) is 13.0 Å². The summed E-state index contributed by atoms with van der Waals surface area (Å²) in [5.41, 5.74) is 2.11. The third kappa shape index (κ3) is 4.95. The molecular formula is C16H20N2O2S. The van der Waals surface area contributed by atoms with E-state index >= 15 is 0 Å². The summed E-state index contributed by atoms with van der Waals surface area (Å²) in [6.07, 6.45) is 4.76. The van der Waals surface area contributed by atoms with Crippen molar-refractivity contribution < 1.29 is 8.42 Å². The third-order valence-electron chi connectivity index (χ3n) is 3.34. The van der Waals surface area contributed by atoms with Gasteiger partial charge < -0.3 is 0 Å². The van der Waals surface area contributed by atoms with Crippen LogP contribution in [0.4, 0.5) is 0 Å². The van der Waals surface area contributed by atoms with Gasteiger partial charge in [-0.1, -0.05) is 30.3 Å². The van der Waals surface area contributed by atoms with Gasteiger partial charge in [-0.25, -0.2) is 12.7 Å². The Kier molecular flexibility index (Phi) is 5.47. The summed E-state index contributed by atoms with van der Waals surface area (Å²) in [6.45, 7) is 0.385. The van der Waals surface area contributed by atoms with Crippen LogP contribution in [0.3, 0.4) is 0 Å². The van der Waals surface area contributed by atoms with Crippen LogP contribution in [0.2, 0.25) is 0 Å². The smallest absolute Gasteiger partial charge is 0.214 e. The zero-order valence-electron chi connectivity index (χ0n) is 12.1. The van der Waals surface area contributed by atoms with Crippen molar-refractivity contribution in [3.63, 3.8) is 0 Å². The second-order valence-electron chi connectivity index (χ2n) is 5.02. The first-order valence-corrected chi connectivity index (χ1v) is 8.56. The number of benzene rings is 1. The number of rotatable bonds is 7. The Morgan fingerprint density at radius 1 is 1.00 bits per heavy atom. The molecule has 0 radical (unpaired) electrons. The predicted octanol–water partition coefficient (Wildman–Crippen LogP) is 2.48. The van der Waals surface area contributed by atoms with Crippen LogP contribution >= 0.6 is 0 Å². The lowest BCUT2D eigenvalue weighted by molar-refractivity contribution is 0.465. The number of hydrogen-bond donors (Lipinski definition) is 0. The molecule has 0 aliphatic heterocycles. The van der Waals surface area contributed by atoms with Gasteiger partial charge >= 0.3 is 0 Å². The van der Waals surface area contributed by atoms with Crippen LogP contribution in [-0.2, 0) is 23.0 Å². The van der Waals surface area contributed by atoms with Gasteiger partial charge in [0.1, 0.15) is 0 Å². The Morgan fingerprint density at radius 3 is 2.33 bits per heavy atom. The molecule has 4 nitrogen and oxygen atoms in total. The van der Waals surface area contributed by atoms with Gasteiger partial charge in [-0.3, -0.25) is 4.98 Å². The van der Waals surface area contributed by atoms with E-state index in [2.05, 4.69) is 4.98 Å². The van der Waals surface area contributed by atoms with Crippen molar-refractivity contribution in [2.75, 3.05) is 12.8 Å². The van der Waals surface area contributed by atoms with E-state index in [4.69, 9.17) is 0 Å². The standard InChI is InChI=1S/C16H20N2O2S/c1-18(14-16-9-11-17-12-10-16)21(19,20)13-5-8-15-6-3-2-4-7-15/h2-4,6-7,9-12H,5,8,13-14H2,1H3. The van der Waals surface area contributed by atoms with Crippen LogP contribution in [0.5, 0.6) is 0 Å². The number of hydrogen-bond acceptors (Lipinski definition) is 3. The van der Waals surface area contributed by atoms with Gasteiger partial charge in [-0.05, 0) is 36.1 Å². The fraction of sp³-hybridized carbons (Fsp3) is 0.312. The van der Waals surface area contributed by atoms with Crippen LogP contribution in [0.15, 0.2) is 54.9 Å². The number of aryl methyl sites for hydroxylation is 1. The van der Waals surface area contributed by atoms with Crippen LogP contribution in [-0.4, -0.2) is 30.5 Å². The van der Waals surface area contributed by atoms with Crippen molar-refractivity contribution >= 4 is 10.0 Å². The van der Waals surface area contributed by atoms with Crippen molar-refractivity contribution in [2.45, 2.75) is 19.4 Å². The minimum Gasteiger partial charge on any atom is -0.265 e. The molecule has 1 heterocycles. The van der Waals surface area contributed by atoms with E-state index in [1.165, 1.54) is 9.87 Å². The summed E-state index contributed by atoms with van der Waals surface area (Å²) in [5.74, 6) is 0.170. The van der Waals surface area contributed by atoms with Gasteiger partial charge in [0.2, 0.25) is 10.0 Å². The molecule has 0 saturated heterocycles. The second-order valence-corrected chi connectivity index (χ2v) is 7.21. The van der Waals surface area contributed by atoms with Crippen molar-refractivity contribution in [3.8, 4) is 0 Å². The molecular weight excluding hydrogens is 284 g/mol. The molecule has 2 rings (SSSR count).